The summed E-state index contributed by atoms with van der Waals surface area (Å²) in [7, 11) is 0. The van der Waals surface area contributed by atoms with Gasteiger partial charge in [0.2, 0.25) is 5.91 Å². The first-order chi connectivity index (χ1) is 7.19. The molecular formula is C10H21N3O2. The van der Waals surface area contributed by atoms with Gasteiger partial charge in [0.1, 0.15) is 0 Å². The molecule has 1 saturated heterocycles. The molecule has 0 bridgehead atoms. The van der Waals surface area contributed by atoms with Crippen LogP contribution >= 0.6 is 0 Å². The molecule has 3 N–H and O–H groups in total. The van der Waals surface area contributed by atoms with Crippen LogP contribution in [0.15, 0.2) is 0 Å². The molecule has 2 unspecified atom stereocenters. The molecule has 5 heteroatoms. The lowest BCUT2D eigenvalue weighted by Gasteiger charge is -2.36. The minimum Gasteiger partial charge on any atom is -0.378 e. The summed E-state index contributed by atoms with van der Waals surface area (Å²) < 4.78 is 5.40. The highest BCUT2D eigenvalue weighted by molar-refractivity contribution is 5.77. The van der Waals surface area contributed by atoms with Gasteiger partial charge in [-0.3, -0.25) is 15.1 Å². The molecule has 0 aromatic rings. The monoisotopic (exact) mass is 215 g/mol. The Balaban J connectivity index is 2.43. The molecule has 1 fully saturated rings. The third-order valence-electron chi connectivity index (χ3n) is 2.92. The molecular weight excluding hydrogens is 194 g/mol. The molecule has 0 aromatic heterocycles. The van der Waals surface area contributed by atoms with Gasteiger partial charge in [-0.1, -0.05) is 13.8 Å². The molecule has 2 atom stereocenters. The molecule has 15 heavy (non-hydrogen) atoms. The first-order valence-electron chi connectivity index (χ1n) is 5.51. The third kappa shape index (κ3) is 3.44. The molecule has 0 saturated carbocycles. The standard InChI is InChI=1S/C10H21N3O2/c1-3-9-7-15-5-4-13(9)6-8(2)10(14)12-11/h8-9H,3-7,11H2,1-2H3,(H,12,14). The summed E-state index contributed by atoms with van der Waals surface area (Å²) in [5.41, 5.74) is 2.19. The molecule has 1 aliphatic rings. The maximum absolute atomic E-state index is 11.3. The Morgan fingerprint density at radius 1 is 1.73 bits per heavy atom. The average Bonchev–Trinajstić information content (AvgIpc) is 2.28. The number of hydrazine groups is 1. The first kappa shape index (κ1) is 12.4. The Labute approximate surface area is 90.9 Å². The molecule has 1 amide bonds. The Hall–Kier alpha value is -0.650. The molecule has 1 rings (SSSR count). The van der Waals surface area contributed by atoms with Crippen LogP contribution in [-0.4, -0.2) is 43.2 Å². The number of carbonyl (C=O) groups is 1. The van der Waals surface area contributed by atoms with Gasteiger partial charge in [0.05, 0.1) is 13.2 Å². The normalized spacial score (nSPS) is 24.9. The molecule has 1 aliphatic heterocycles. The van der Waals surface area contributed by atoms with Crippen LogP contribution in [0.5, 0.6) is 0 Å². The SMILES string of the molecule is CCC1COCCN1CC(C)C(=O)NN. The summed E-state index contributed by atoms with van der Waals surface area (Å²) in [6, 6.07) is 0.437. The number of carbonyl (C=O) groups excluding carboxylic acids is 1. The van der Waals surface area contributed by atoms with Crippen molar-refractivity contribution in [1.29, 1.82) is 0 Å². The predicted molar refractivity (Wildman–Crippen MR) is 58.0 cm³/mol. The first-order valence-corrected chi connectivity index (χ1v) is 5.51. The van der Waals surface area contributed by atoms with Gasteiger partial charge in [0, 0.05) is 25.0 Å². The highest BCUT2D eigenvalue weighted by atomic mass is 16.5. The summed E-state index contributed by atoms with van der Waals surface area (Å²) in [5, 5.41) is 0. The number of hydrogen-bond donors (Lipinski definition) is 2. The van der Waals surface area contributed by atoms with E-state index in [9.17, 15) is 4.79 Å². The molecule has 88 valence electrons. The van der Waals surface area contributed by atoms with E-state index in [1.54, 1.807) is 0 Å². The molecule has 1 heterocycles. The summed E-state index contributed by atoms with van der Waals surface area (Å²) in [6.07, 6.45) is 1.05. The van der Waals surface area contributed by atoms with Crippen LogP contribution in [-0.2, 0) is 9.53 Å². The van der Waals surface area contributed by atoms with E-state index in [4.69, 9.17) is 10.6 Å². The van der Waals surface area contributed by atoms with E-state index < -0.39 is 0 Å². The number of rotatable bonds is 4. The smallest absolute Gasteiger partial charge is 0.237 e. The van der Waals surface area contributed by atoms with E-state index in [0.29, 0.717) is 6.04 Å². The second kappa shape index (κ2) is 6.05. The van der Waals surface area contributed by atoms with Crippen LogP contribution < -0.4 is 11.3 Å². The molecule has 0 spiro atoms. The Morgan fingerprint density at radius 2 is 2.47 bits per heavy atom. The lowest BCUT2D eigenvalue weighted by molar-refractivity contribution is -0.126. The summed E-state index contributed by atoms with van der Waals surface area (Å²) in [6.45, 7) is 7.22. The zero-order valence-corrected chi connectivity index (χ0v) is 9.53. The largest absolute Gasteiger partial charge is 0.378 e. The number of morpholine rings is 1. The topological polar surface area (TPSA) is 67.6 Å². The van der Waals surface area contributed by atoms with Crippen LogP contribution in [0, 0.1) is 5.92 Å². The highest BCUT2D eigenvalue weighted by Crippen LogP contribution is 2.12. The van der Waals surface area contributed by atoms with Crippen molar-refractivity contribution in [2.24, 2.45) is 11.8 Å². The summed E-state index contributed by atoms with van der Waals surface area (Å²) >= 11 is 0. The van der Waals surface area contributed by atoms with E-state index in [2.05, 4.69) is 17.2 Å². The van der Waals surface area contributed by atoms with Crippen molar-refractivity contribution in [2.75, 3.05) is 26.3 Å². The van der Waals surface area contributed by atoms with Gasteiger partial charge in [-0.25, -0.2) is 5.84 Å². The maximum Gasteiger partial charge on any atom is 0.237 e. The fraction of sp³-hybridized carbons (Fsp3) is 0.900. The quantitative estimate of drug-likeness (QED) is 0.384. The zero-order valence-electron chi connectivity index (χ0n) is 9.53. The van der Waals surface area contributed by atoms with Gasteiger partial charge < -0.3 is 4.74 Å². The van der Waals surface area contributed by atoms with Crippen LogP contribution in [0.1, 0.15) is 20.3 Å². The van der Waals surface area contributed by atoms with E-state index in [1.807, 2.05) is 6.92 Å². The fourth-order valence-corrected chi connectivity index (χ4v) is 1.88. The van der Waals surface area contributed by atoms with E-state index in [0.717, 1.165) is 32.7 Å². The van der Waals surface area contributed by atoms with Gasteiger partial charge in [-0.15, -0.1) is 0 Å². The molecule has 0 radical (unpaired) electrons. The summed E-state index contributed by atoms with van der Waals surface area (Å²) in [4.78, 5) is 13.6. The minimum atomic E-state index is -0.101. The lowest BCUT2D eigenvalue weighted by atomic mass is 10.1. The fourth-order valence-electron chi connectivity index (χ4n) is 1.88. The summed E-state index contributed by atoms with van der Waals surface area (Å²) in [5.74, 6) is 4.93. The number of nitrogens with zero attached hydrogens (tertiary/aromatic N) is 1. The zero-order chi connectivity index (χ0) is 11.3. The van der Waals surface area contributed by atoms with Gasteiger partial charge in [0.25, 0.3) is 0 Å². The maximum atomic E-state index is 11.3. The Kier molecular flexibility index (Phi) is 5.01. The Bertz CT molecular complexity index is 211. The predicted octanol–water partition coefficient (Wildman–Crippen LogP) is -0.277. The van der Waals surface area contributed by atoms with Gasteiger partial charge in [-0.2, -0.15) is 0 Å². The molecule has 0 aromatic carbocycles. The van der Waals surface area contributed by atoms with Crippen LogP contribution in [0.25, 0.3) is 0 Å². The molecule has 0 aliphatic carbocycles. The van der Waals surface area contributed by atoms with E-state index in [-0.39, 0.29) is 11.8 Å². The minimum absolute atomic E-state index is 0.0675. The number of hydrogen-bond acceptors (Lipinski definition) is 4. The molecule has 5 nitrogen and oxygen atoms in total. The number of nitrogens with one attached hydrogen (secondary N) is 1. The van der Waals surface area contributed by atoms with Crippen molar-refractivity contribution < 1.29 is 9.53 Å². The second-order valence-electron chi connectivity index (χ2n) is 4.04. The van der Waals surface area contributed by atoms with Gasteiger partial charge >= 0.3 is 0 Å². The van der Waals surface area contributed by atoms with Crippen molar-refractivity contribution in [3.05, 3.63) is 0 Å². The van der Waals surface area contributed by atoms with Gasteiger partial charge in [0.15, 0.2) is 0 Å². The lowest BCUT2D eigenvalue weighted by Crippen LogP contribution is -2.49. The third-order valence-corrected chi connectivity index (χ3v) is 2.92. The number of nitrogens with two attached hydrogens (primary N) is 1. The van der Waals surface area contributed by atoms with Crippen LogP contribution in [0.2, 0.25) is 0 Å². The number of ether oxygens (including phenoxy) is 1. The van der Waals surface area contributed by atoms with E-state index in [1.165, 1.54) is 0 Å². The highest BCUT2D eigenvalue weighted by Gasteiger charge is 2.24. The van der Waals surface area contributed by atoms with Crippen molar-refractivity contribution >= 4 is 5.91 Å². The van der Waals surface area contributed by atoms with Gasteiger partial charge in [-0.05, 0) is 6.42 Å². The van der Waals surface area contributed by atoms with Crippen molar-refractivity contribution in [1.82, 2.24) is 10.3 Å². The number of amides is 1. The second-order valence-corrected chi connectivity index (χ2v) is 4.04. The van der Waals surface area contributed by atoms with E-state index >= 15 is 0 Å². The van der Waals surface area contributed by atoms with Crippen molar-refractivity contribution in [2.45, 2.75) is 26.3 Å². The van der Waals surface area contributed by atoms with Crippen molar-refractivity contribution in [3.63, 3.8) is 0 Å². The average molecular weight is 215 g/mol. The van der Waals surface area contributed by atoms with Crippen molar-refractivity contribution in [3.8, 4) is 0 Å². The Morgan fingerprint density at radius 3 is 3.07 bits per heavy atom. The van der Waals surface area contributed by atoms with Crippen LogP contribution in [0.4, 0.5) is 0 Å². The van der Waals surface area contributed by atoms with Crippen LogP contribution in [0.3, 0.4) is 0 Å².